The van der Waals surface area contributed by atoms with Crippen LogP contribution in [0.15, 0.2) is 0 Å². The van der Waals surface area contributed by atoms with Crippen molar-refractivity contribution >= 4 is 5.91 Å². The third-order valence-corrected chi connectivity index (χ3v) is 4.53. The van der Waals surface area contributed by atoms with E-state index in [1.807, 2.05) is 0 Å². The number of rotatable bonds is 4. The first-order valence-electron chi connectivity index (χ1n) is 7.44. The van der Waals surface area contributed by atoms with Crippen LogP contribution in [0.25, 0.3) is 0 Å². The topological polar surface area (TPSA) is 44.4 Å². The minimum Gasteiger partial charge on any atom is -0.354 e. The molecule has 4 heteroatoms. The van der Waals surface area contributed by atoms with E-state index >= 15 is 0 Å². The van der Waals surface area contributed by atoms with E-state index in [1.54, 1.807) is 0 Å². The van der Waals surface area contributed by atoms with E-state index in [0.717, 1.165) is 26.1 Å². The van der Waals surface area contributed by atoms with Crippen molar-refractivity contribution in [2.24, 2.45) is 11.8 Å². The monoisotopic (exact) mass is 253 g/mol. The van der Waals surface area contributed by atoms with Gasteiger partial charge in [-0.1, -0.05) is 13.8 Å². The molecule has 0 aromatic rings. The molecule has 0 radical (unpaired) electrons. The van der Waals surface area contributed by atoms with Crippen LogP contribution in [-0.2, 0) is 4.79 Å². The highest BCUT2D eigenvalue weighted by Crippen LogP contribution is 2.17. The molecule has 2 N–H and O–H groups in total. The largest absolute Gasteiger partial charge is 0.354 e. The smallest absolute Gasteiger partial charge is 0.237 e. The Morgan fingerprint density at radius 2 is 2.06 bits per heavy atom. The van der Waals surface area contributed by atoms with Gasteiger partial charge in [0.25, 0.3) is 0 Å². The molecule has 0 spiro atoms. The van der Waals surface area contributed by atoms with Crippen LogP contribution >= 0.6 is 0 Å². The van der Waals surface area contributed by atoms with Crippen molar-refractivity contribution in [1.82, 2.24) is 15.5 Å². The third-order valence-electron chi connectivity index (χ3n) is 4.53. The summed E-state index contributed by atoms with van der Waals surface area (Å²) >= 11 is 0. The van der Waals surface area contributed by atoms with Crippen molar-refractivity contribution in [3.8, 4) is 0 Å². The molecule has 0 aromatic heterocycles. The molecule has 1 amide bonds. The molecule has 2 aliphatic heterocycles. The molecule has 18 heavy (non-hydrogen) atoms. The van der Waals surface area contributed by atoms with Gasteiger partial charge in [0, 0.05) is 6.54 Å². The van der Waals surface area contributed by atoms with Crippen molar-refractivity contribution < 1.29 is 4.79 Å². The van der Waals surface area contributed by atoms with E-state index in [4.69, 9.17) is 0 Å². The molecule has 2 atom stereocenters. The van der Waals surface area contributed by atoms with Crippen LogP contribution in [0.4, 0.5) is 0 Å². The van der Waals surface area contributed by atoms with Gasteiger partial charge in [-0.3, -0.25) is 4.79 Å². The fraction of sp³-hybridized carbons (Fsp3) is 0.929. The van der Waals surface area contributed by atoms with Crippen LogP contribution in [0.5, 0.6) is 0 Å². The molecule has 2 rings (SSSR count). The zero-order valence-corrected chi connectivity index (χ0v) is 11.7. The molecule has 0 bridgehead atoms. The Morgan fingerprint density at radius 1 is 1.33 bits per heavy atom. The van der Waals surface area contributed by atoms with Crippen molar-refractivity contribution in [3.05, 3.63) is 0 Å². The highest BCUT2D eigenvalue weighted by molar-refractivity contribution is 5.82. The predicted molar refractivity (Wildman–Crippen MR) is 73.4 cm³/mol. The standard InChI is InChI=1S/C14H27N3O/c1-3-17-8-5-12(6-9-17)10-16-14(18)13-11(2)4-7-15-13/h11-13,15H,3-10H2,1-2H3,(H,16,18). The predicted octanol–water partition coefficient (Wildman–Crippen LogP) is 0.833. The molecular formula is C14H27N3O. The summed E-state index contributed by atoms with van der Waals surface area (Å²) in [5, 5.41) is 6.43. The number of likely N-dealkylation sites (tertiary alicyclic amines) is 1. The van der Waals surface area contributed by atoms with Crippen LogP contribution in [0.2, 0.25) is 0 Å². The zero-order chi connectivity index (χ0) is 13.0. The molecule has 2 saturated heterocycles. The molecule has 2 fully saturated rings. The molecule has 2 aliphatic rings. The van der Waals surface area contributed by atoms with Crippen LogP contribution in [-0.4, -0.2) is 49.6 Å². The molecule has 2 heterocycles. The summed E-state index contributed by atoms with van der Waals surface area (Å²) in [6.07, 6.45) is 3.57. The molecule has 2 unspecified atom stereocenters. The minimum atomic E-state index is 0.0423. The molecule has 0 aliphatic carbocycles. The van der Waals surface area contributed by atoms with Crippen LogP contribution in [0.1, 0.15) is 33.1 Å². The van der Waals surface area contributed by atoms with Crippen molar-refractivity contribution in [1.29, 1.82) is 0 Å². The van der Waals surface area contributed by atoms with Gasteiger partial charge >= 0.3 is 0 Å². The van der Waals surface area contributed by atoms with E-state index in [2.05, 4.69) is 29.4 Å². The van der Waals surface area contributed by atoms with Crippen molar-refractivity contribution in [3.63, 3.8) is 0 Å². The van der Waals surface area contributed by atoms with Gasteiger partial charge in [-0.05, 0) is 57.3 Å². The zero-order valence-electron chi connectivity index (χ0n) is 11.7. The quantitative estimate of drug-likeness (QED) is 0.780. The van der Waals surface area contributed by atoms with Crippen molar-refractivity contribution in [2.45, 2.75) is 39.2 Å². The number of nitrogens with one attached hydrogen (secondary N) is 2. The van der Waals surface area contributed by atoms with Gasteiger partial charge in [0.1, 0.15) is 0 Å². The van der Waals surface area contributed by atoms with E-state index < -0.39 is 0 Å². The first kappa shape index (κ1) is 13.8. The Balaban J connectivity index is 1.67. The van der Waals surface area contributed by atoms with Crippen molar-refractivity contribution in [2.75, 3.05) is 32.7 Å². The first-order valence-corrected chi connectivity index (χ1v) is 7.44. The Labute approximate surface area is 110 Å². The van der Waals surface area contributed by atoms with E-state index in [-0.39, 0.29) is 11.9 Å². The number of piperidine rings is 1. The maximum Gasteiger partial charge on any atom is 0.237 e. The molecule has 104 valence electrons. The van der Waals surface area contributed by atoms with Gasteiger partial charge in [-0.2, -0.15) is 0 Å². The van der Waals surface area contributed by atoms with E-state index in [1.165, 1.54) is 25.9 Å². The lowest BCUT2D eigenvalue weighted by molar-refractivity contribution is -0.123. The van der Waals surface area contributed by atoms with Gasteiger partial charge in [0.2, 0.25) is 5.91 Å². The Morgan fingerprint density at radius 3 is 2.61 bits per heavy atom. The Kier molecular flexibility index (Phi) is 5.01. The fourth-order valence-electron chi connectivity index (χ4n) is 3.05. The molecule has 0 saturated carbocycles. The first-order chi connectivity index (χ1) is 8.70. The minimum absolute atomic E-state index is 0.0423. The highest BCUT2D eigenvalue weighted by Gasteiger charge is 2.29. The molecule has 4 nitrogen and oxygen atoms in total. The molecular weight excluding hydrogens is 226 g/mol. The number of hydrogen-bond donors (Lipinski definition) is 2. The average Bonchev–Trinajstić information content (AvgIpc) is 2.83. The second-order valence-electron chi connectivity index (χ2n) is 5.82. The number of carbonyl (C=O) groups is 1. The summed E-state index contributed by atoms with van der Waals surface area (Å²) in [4.78, 5) is 14.5. The van der Waals surface area contributed by atoms with E-state index in [9.17, 15) is 4.79 Å². The van der Waals surface area contributed by atoms with E-state index in [0.29, 0.717) is 11.8 Å². The average molecular weight is 253 g/mol. The summed E-state index contributed by atoms with van der Waals surface area (Å²) in [5.41, 5.74) is 0. The summed E-state index contributed by atoms with van der Waals surface area (Å²) in [5.74, 6) is 1.36. The van der Waals surface area contributed by atoms with Crippen LogP contribution in [0.3, 0.4) is 0 Å². The second-order valence-corrected chi connectivity index (χ2v) is 5.82. The number of hydrogen-bond acceptors (Lipinski definition) is 3. The van der Waals surface area contributed by atoms with Gasteiger partial charge < -0.3 is 15.5 Å². The van der Waals surface area contributed by atoms with Gasteiger partial charge in [-0.25, -0.2) is 0 Å². The normalized spacial score (nSPS) is 30.6. The van der Waals surface area contributed by atoms with Crippen LogP contribution < -0.4 is 10.6 Å². The lowest BCUT2D eigenvalue weighted by Crippen LogP contribution is -2.46. The number of amides is 1. The maximum atomic E-state index is 12.0. The van der Waals surface area contributed by atoms with Crippen LogP contribution in [0, 0.1) is 11.8 Å². The summed E-state index contributed by atoms with van der Waals surface area (Å²) in [6.45, 7) is 9.75. The second kappa shape index (κ2) is 6.53. The maximum absolute atomic E-state index is 12.0. The summed E-state index contributed by atoms with van der Waals surface area (Å²) in [7, 11) is 0. The van der Waals surface area contributed by atoms with Gasteiger partial charge in [0.15, 0.2) is 0 Å². The van der Waals surface area contributed by atoms with Gasteiger partial charge in [-0.15, -0.1) is 0 Å². The molecule has 0 aromatic carbocycles. The number of nitrogens with zero attached hydrogens (tertiary/aromatic N) is 1. The summed E-state index contributed by atoms with van der Waals surface area (Å²) in [6, 6.07) is 0.0423. The SMILES string of the molecule is CCN1CCC(CNC(=O)C2NCCC2C)CC1. The van der Waals surface area contributed by atoms with Gasteiger partial charge in [0.05, 0.1) is 6.04 Å². The highest BCUT2D eigenvalue weighted by atomic mass is 16.2. The lowest BCUT2D eigenvalue weighted by atomic mass is 9.96. The third kappa shape index (κ3) is 3.45. The lowest BCUT2D eigenvalue weighted by Gasteiger charge is -2.31. The Hall–Kier alpha value is -0.610. The number of carbonyl (C=O) groups excluding carboxylic acids is 1. The fourth-order valence-corrected chi connectivity index (χ4v) is 3.05. The Bertz CT molecular complexity index is 274. The summed E-state index contributed by atoms with van der Waals surface area (Å²) < 4.78 is 0.